The number of carbonyl (C=O) groups excluding carboxylic acids is 1. The van der Waals surface area contributed by atoms with Crippen molar-refractivity contribution in [2.24, 2.45) is 0 Å². The van der Waals surface area contributed by atoms with Crippen LogP contribution in [0.1, 0.15) is 6.42 Å². The zero-order chi connectivity index (χ0) is 15.2. The van der Waals surface area contributed by atoms with Crippen LogP contribution in [0.15, 0.2) is 36.5 Å². The SMILES string of the molecule is O=C(NCC[C@H](O)C(=O)O)Nc1ccc2ncccc2c1. The highest BCUT2D eigenvalue weighted by Gasteiger charge is 2.12. The first-order chi connectivity index (χ1) is 10.1. The molecule has 0 radical (unpaired) electrons. The number of hydrogen-bond donors (Lipinski definition) is 4. The predicted molar refractivity (Wildman–Crippen MR) is 77.0 cm³/mol. The van der Waals surface area contributed by atoms with Crippen molar-refractivity contribution in [1.29, 1.82) is 0 Å². The van der Waals surface area contributed by atoms with Crippen LogP contribution >= 0.6 is 0 Å². The summed E-state index contributed by atoms with van der Waals surface area (Å²) in [6.07, 6.45) is 0.164. The molecule has 0 aliphatic carbocycles. The second-order valence-electron chi connectivity index (χ2n) is 4.43. The monoisotopic (exact) mass is 289 g/mol. The largest absolute Gasteiger partial charge is 0.479 e. The van der Waals surface area contributed by atoms with E-state index in [0.29, 0.717) is 5.69 Å². The summed E-state index contributed by atoms with van der Waals surface area (Å²) < 4.78 is 0. The number of aliphatic carboxylic acids is 1. The number of pyridine rings is 1. The molecule has 0 spiro atoms. The number of nitrogens with one attached hydrogen (secondary N) is 2. The highest BCUT2D eigenvalue weighted by Crippen LogP contribution is 2.16. The molecule has 4 N–H and O–H groups in total. The summed E-state index contributed by atoms with van der Waals surface area (Å²) in [7, 11) is 0. The van der Waals surface area contributed by atoms with Crippen LogP contribution in [0.2, 0.25) is 0 Å². The van der Waals surface area contributed by atoms with E-state index in [9.17, 15) is 9.59 Å². The van der Waals surface area contributed by atoms with Gasteiger partial charge in [0, 0.05) is 30.2 Å². The lowest BCUT2D eigenvalue weighted by Crippen LogP contribution is -2.33. The van der Waals surface area contributed by atoms with E-state index >= 15 is 0 Å². The fraction of sp³-hybridized carbons (Fsp3) is 0.214. The van der Waals surface area contributed by atoms with Crippen molar-refractivity contribution in [2.75, 3.05) is 11.9 Å². The van der Waals surface area contributed by atoms with Crippen LogP contribution in [-0.4, -0.2) is 39.8 Å². The molecule has 0 aliphatic rings. The number of carboxylic acid groups (broad SMARTS) is 1. The van der Waals surface area contributed by atoms with Gasteiger partial charge in [-0.25, -0.2) is 9.59 Å². The fourth-order valence-electron chi connectivity index (χ4n) is 1.77. The van der Waals surface area contributed by atoms with E-state index in [1.54, 1.807) is 30.5 Å². The summed E-state index contributed by atoms with van der Waals surface area (Å²) in [6.45, 7) is 0.0639. The van der Waals surface area contributed by atoms with Gasteiger partial charge in [-0.15, -0.1) is 0 Å². The number of rotatable bonds is 5. The first kappa shape index (κ1) is 14.7. The van der Waals surface area contributed by atoms with Crippen LogP contribution in [0.4, 0.5) is 10.5 Å². The lowest BCUT2D eigenvalue weighted by molar-refractivity contribution is -0.146. The zero-order valence-corrected chi connectivity index (χ0v) is 11.1. The predicted octanol–water partition coefficient (Wildman–Crippen LogP) is 1.19. The summed E-state index contributed by atoms with van der Waals surface area (Å²) in [5.74, 6) is -1.31. The van der Waals surface area contributed by atoms with Crippen LogP contribution in [0, 0.1) is 0 Å². The van der Waals surface area contributed by atoms with Crippen molar-refractivity contribution in [1.82, 2.24) is 10.3 Å². The minimum atomic E-state index is -1.47. The van der Waals surface area contributed by atoms with E-state index < -0.39 is 18.1 Å². The van der Waals surface area contributed by atoms with E-state index in [1.165, 1.54) is 0 Å². The molecule has 0 saturated heterocycles. The van der Waals surface area contributed by atoms with Crippen molar-refractivity contribution in [2.45, 2.75) is 12.5 Å². The smallest absolute Gasteiger partial charge is 0.332 e. The second kappa shape index (κ2) is 6.67. The summed E-state index contributed by atoms with van der Waals surface area (Å²) in [5, 5.41) is 23.6. The van der Waals surface area contributed by atoms with Crippen molar-refractivity contribution in [3.63, 3.8) is 0 Å². The summed E-state index contributed by atoms with van der Waals surface area (Å²) in [6, 6.07) is 8.53. The first-order valence-electron chi connectivity index (χ1n) is 6.37. The third-order valence-electron chi connectivity index (χ3n) is 2.85. The molecule has 1 aromatic carbocycles. The number of carbonyl (C=O) groups is 2. The van der Waals surface area contributed by atoms with Crippen LogP contribution in [-0.2, 0) is 4.79 Å². The standard InChI is InChI=1S/C14H15N3O4/c18-12(13(19)20)5-7-16-14(21)17-10-3-4-11-9(8-10)2-1-6-15-11/h1-4,6,8,12,18H,5,7H2,(H,19,20)(H2,16,17,21)/t12-/m0/s1. The molecule has 0 fully saturated rings. The van der Waals surface area contributed by atoms with Gasteiger partial charge < -0.3 is 20.8 Å². The molecular weight excluding hydrogens is 274 g/mol. The number of urea groups is 1. The van der Waals surface area contributed by atoms with E-state index in [1.807, 2.05) is 6.07 Å². The molecule has 0 aliphatic heterocycles. The Balaban J connectivity index is 1.88. The quantitative estimate of drug-likeness (QED) is 0.660. The maximum atomic E-state index is 11.6. The molecule has 7 heteroatoms. The normalized spacial score (nSPS) is 11.9. The number of aliphatic hydroxyl groups is 1. The van der Waals surface area contributed by atoms with E-state index in [2.05, 4.69) is 15.6 Å². The van der Waals surface area contributed by atoms with Gasteiger partial charge in [0.25, 0.3) is 0 Å². The van der Waals surface area contributed by atoms with Gasteiger partial charge in [0.05, 0.1) is 5.52 Å². The Labute approximate surface area is 120 Å². The van der Waals surface area contributed by atoms with Crippen LogP contribution < -0.4 is 10.6 Å². The maximum absolute atomic E-state index is 11.6. The Kier molecular flexibility index (Phi) is 4.68. The summed E-state index contributed by atoms with van der Waals surface area (Å²) in [4.78, 5) is 26.2. The molecule has 1 aromatic heterocycles. The Morgan fingerprint density at radius 2 is 2.10 bits per heavy atom. The number of aliphatic hydroxyl groups excluding tert-OH is 1. The number of hydrogen-bond acceptors (Lipinski definition) is 4. The molecule has 2 aromatic rings. The molecule has 0 unspecified atom stereocenters. The van der Waals surface area contributed by atoms with E-state index in [4.69, 9.17) is 10.2 Å². The third-order valence-corrected chi connectivity index (χ3v) is 2.85. The molecule has 110 valence electrons. The fourth-order valence-corrected chi connectivity index (χ4v) is 1.77. The molecular formula is C14H15N3O4. The van der Waals surface area contributed by atoms with Crippen molar-refractivity contribution >= 4 is 28.6 Å². The van der Waals surface area contributed by atoms with Crippen LogP contribution in [0.3, 0.4) is 0 Å². The zero-order valence-electron chi connectivity index (χ0n) is 11.1. The average Bonchev–Trinajstić information content (AvgIpc) is 2.46. The lowest BCUT2D eigenvalue weighted by atomic mass is 10.2. The molecule has 7 nitrogen and oxygen atoms in total. The Morgan fingerprint density at radius 3 is 2.86 bits per heavy atom. The number of anilines is 1. The van der Waals surface area contributed by atoms with Gasteiger partial charge in [0.15, 0.2) is 6.10 Å². The van der Waals surface area contributed by atoms with Gasteiger partial charge in [-0.2, -0.15) is 0 Å². The maximum Gasteiger partial charge on any atom is 0.332 e. The first-order valence-corrected chi connectivity index (χ1v) is 6.37. The van der Waals surface area contributed by atoms with Gasteiger partial charge in [-0.3, -0.25) is 4.98 Å². The van der Waals surface area contributed by atoms with Crippen molar-refractivity contribution in [3.05, 3.63) is 36.5 Å². The molecule has 1 atom stereocenters. The van der Waals surface area contributed by atoms with Crippen molar-refractivity contribution < 1.29 is 19.8 Å². The molecule has 2 amide bonds. The van der Waals surface area contributed by atoms with Crippen LogP contribution in [0.25, 0.3) is 10.9 Å². The second-order valence-corrected chi connectivity index (χ2v) is 4.43. The topological polar surface area (TPSA) is 112 Å². The van der Waals surface area contributed by atoms with Crippen LogP contribution in [0.5, 0.6) is 0 Å². The van der Waals surface area contributed by atoms with Crippen molar-refractivity contribution in [3.8, 4) is 0 Å². The minimum absolute atomic E-state index is 0.0512. The molecule has 1 heterocycles. The van der Waals surface area contributed by atoms with E-state index in [-0.39, 0.29) is 13.0 Å². The van der Waals surface area contributed by atoms with Gasteiger partial charge in [0.2, 0.25) is 0 Å². The number of benzene rings is 1. The third kappa shape index (κ3) is 4.15. The summed E-state index contributed by atoms with van der Waals surface area (Å²) >= 11 is 0. The average molecular weight is 289 g/mol. The Morgan fingerprint density at radius 1 is 1.29 bits per heavy atom. The minimum Gasteiger partial charge on any atom is -0.479 e. The molecule has 0 saturated carbocycles. The van der Waals surface area contributed by atoms with Gasteiger partial charge in [-0.1, -0.05) is 6.07 Å². The Hall–Kier alpha value is -2.67. The number of carboxylic acids is 1. The molecule has 21 heavy (non-hydrogen) atoms. The van der Waals surface area contributed by atoms with Gasteiger partial charge in [-0.05, 0) is 24.3 Å². The molecule has 0 bridgehead atoms. The highest BCUT2D eigenvalue weighted by atomic mass is 16.4. The number of amides is 2. The highest BCUT2D eigenvalue weighted by molar-refractivity contribution is 5.92. The number of fused-ring (bicyclic) bond motifs is 1. The Bertz CT molecular complexity index is 659. The lowest BCUT2D eigenvalue weighted by Gasteiger charge is -2.09. The number of aromatic nitrogens is 1. The molecule has 2 rings (SSSR count). The van der Waals surface area contributed by atoms with Gasteiger partial charge in [0.1, 0.15) is 0 Å². The van der Waals surface area contributed by atoms with Gasteiger partial charge >= 0.3 is 12.0 Å². The van der Waals surface area contributed by atoms with E-state index in [0.717, 1.165) is 10.9 Å². The summed E-state index contributed by atoms with van der Waals surface area (Å²) in [5.41, 5.74) is 1.43. The number of nitrogens with zero attached hydrogens (tertiary/aromatic N) is 1.